The summed E-state index contributed by atoms with van der Waals surface area (Å²) in [7, 11) is 1.31. The van der Waals surface area contributed by atoms with Crippen LogP contribution in [0.2, 0.25) is 0 Å². The molecule has 1 aromatic carbocycles. The van der Waals surface area contributed by atoms with Gasteiger partial charge >= 0.3 is 5.97 Å². The minimum absolute atomic E-state index is 0.202. The van der Waals surface area contributed by atoms with Crippen molar-refractivity contribution in [3.8, 4) is 5.75 Å². The molecule has 0 radical (unpaired) electrons. The molecule has 0 spiro atoms. The Kier molecular flexibility index (Phi) is 4.84. The van der Waals surface area contributed by atoms with Crippen molar-refractivity contribution in [1.29, 1.82) is 0 Å². The number of ether oxygens (including phenoxy) is 2. The molecule has 136 valence electrons. The van der Waals surface area contributed by atoms with Gasteiger partial charge in [0.05, 0.1) is 25.0 Å². The summed E-state index contributed by atoms with van der Waals surface area (Å²) in [5, 5.41) is 0.811. The third-order valence-electron chi connectivity index (χ3n) is 4.24. The number of fused-ring (bicyclic) bond motifs is 1. The standard InChI is InChI=1S/C20H21NO5/c1-5-8-25-14-7-6-13-9-16(26-15(13)10-14)19(22)18-11(2)17(12(3)21-18)20(23)24-4/h6-7,9-10,21H,5,8H2,1-4H3. The van der Waals surface area contributed by atoms with Crippen LogP contribution in [0.5, 0.6) is 5.75 Å². The van der Waals surface area contributed by atoms with Gasteiger partial charge in [-0.25, -0.2) is 4.79 Å². The Bertz CT molecular complexity index is 980. The first-order valence-corrected chi connectivity index (χ1v) is 8.44. The fourth-order valence-corrected chi connectivity index (χ4v) is 2.94. The number of hydrogen-bond donors (Lipinski definition) is 1. The summed E-state index contributed by atoms with van der Waals surface area (Å²) in [4.78, 5) is 27.7. The van der Waals surface area contributed by atoms with Gasteiger partial charge in [-0.3, -0.25) is 4.79 Å². The van der Waals surface area contributed by atoms with Crippen molar-refractivity contribution in [3.05, 3.63) is 52.5 Å². The van der Waals surface area contributed by atoms with Gasteiger partial charge in [0.25, 0.3) is 0 Å². The fraction of sp³-hybridized carbons (Fsp3) is 0.300. The molecule has 3 rings (SSSR count). The monoisotopic (exact) mass is 355 g/mol. The van der Waals surface area contributed by atoms with E-state index in [0.717, 1.165) is 11.8 Å². The molecule has 0 aliphatic carbocycles. The molecule has 0 aliphatic rings. The number of carbonyl (C=O) groups excluding carboxylic acids is 2. The van der Waals surface area contributed by atoms with Gasteiger partial charge in [-0.15, -0.1) is 0 Å². The molecule has 6 heteroatoms. The second-order valence-corrected chi connectivity index (χ2v) is 6.10. The van der Waals surface area contributed by atoms with Gasteiger partial charge in [0.1, 0.15) is 11.3 Å². The molecular formula is C20H21NO5. The van der Waals surface area contributed by atoms with Crippen molar-refractivity contribution in [3.63, 3.8) is 0 Å². The molecule has 0 saturated carbocycles. The maximum absolute atomic E-state index is 12.9. The largest absolute Gasteiger partial charge is 0.493 e. The predicted octanol–water partition coefficient (Wildman–Crippen LogP) is 4.18. The quantitative estimate of drug-likeness (QED) is 0.530. The Labute approximate surface area is 151 Å². The Morgan fingerprint density at radius 2 is 1.96 bits per heavy atom. The summed E-state index contributed by atoms with van der Waals surface area (Å²) in [6.45, 7) is 6.09. The molecule has 3 aromatic rings. The van der Waals surface area contributed by atoms with Gasteiger partial charge in [0.2, 0.25) is 5.78 Å². The van der Waals surface area contributed by atoms with Gasteiger partial charge in [0.15, 0.2) is 5.76 Å². The number of carbonyl (C=O) groups is 2. The molecule has 2 heterocycles. The molecule has 0 saturated heterocycles. The number of nitrogens with one attached hydrogen (secondary N) is 1. The summed E-state index contributed by atoms with van der Waals surface area (Å²) in [6, 6.07) is 7.16. The molecule has 0 unspecified atom stereocenters. The molecule has 6 nitrogen and oxygen atoms in total. The maximum Gasteiger partial charge on any atom is 0.339 e. The van der Waals surface area contributed by atoms with Crippen LogP contribution in [0.4, 0.5) is 0 Å². The highest BCUT2D eigenvalue weighted by atomic mass is 16.5. The highest BCUT2D eigenvalue weighted by Crippen LogP contribution is 2.27. The number of hydrogen-bond acceptors (Lipinski definition) is 5. The number of esters is 1. The zero-order valence-corrected chi connectivity index (χ0v) is 15.3. The van der Waals surface area contributed by atoms with Crippen LogP contribution in [0.15, 0.2) is 28.7 Å². The topological polar surface area (TPSA) is 81.5 Å². The van der Waals surface area contributed by atoms with E-state index >= 15 is 0 Å². The number of ketones is 1. The van der Waals surface area contributed by atoms with Crippen LogP contribution in [0, 0.1) is 13.8 Å². The van der Waals surface area contributed by atoms with Crippen LogP contribution in [0.1, 0.15) is 51.2 Å². The molecule has 0 atom stereocenters. The van der Waals surface area contributed by atoms with Crippen molar-refractivity contribution in [2.75, 3.05) is 13.7 Å². The number of methoxy groups -OCH3 is 1. The van der Waals surface area contributed by atoms with E-state index < -0.39 is 5.97 Å². The Morgan fingerprint density at radius 3 is 2.65 bits per heavy atom. The number of aromatic nitrogens is 1. The van der Waals surface area contributed by atoms with Crippen molar-refractivity contribution >= 4 is 22.7 Å². The lowest BCUT2D eigenvalue weighted by atomic mass is 10.1. The lowest BCUT2D eigenvalue weighted by Crippen LogP contribution is -2.05. The molecule has 26 heavy (non-hydrogen) atoms. The smallest absolute Gasteiger partial charge is 0.339 e. The third-order valence-corrected chi connectivity index (χ3v) is 4.24. The highest BCUT2D eigenvalue weighted by Gasteiger charge is 2.25. The van der Waals surface area contributed by atoms with Gasteiger partial charge in [0, 0.05) is 17.1 Å². The Morgan fingerprint density at radius 1 is 1.19 bits per heavy atom. The van der Waals surface area contributed by atoms with E-state index in [1.807, 2.05) is 19.1 Å². The number of aryl methyl sites for hydroxylation is 1. The first kappa shape index (κ1) is 17.8. The average Bonchev–Trinajstić information content (AvgIpc) is 3.19. The van der Waals surface area contributed by atoms with E-state index in [0.29, 0.717) is 40.5 Å². The van der Waals surface area contributed by atoms with Crippen molar-refractivity contribution in [1.82, 2.24) is 4.98 Å². The first-order valence-electron chi connectivity index (χ1n) is 8.44. The van der Waals surface area contributed by atoms with Crippen LogP contribution in [-0.2, 0) is 4.74 Å². The minimum Gasteiger partial charge on any atom is -0.493 e. The molecule has 0 bridgehead atoms. The van der Waals surface area contributed by atoms with E-state index in [-0.39, 0.29) is 11.5 Å². The second-order valence-electron chi connectivity index (χ2n) is 6.10. The number of furan rings is 1. The highest BCUT2D eigenvalue weighted by molar-refractivity contribution is 6.10. The summed E-state index contributed by atoms with van der Waals surface area (Å²) in [5.41, 5.74) is 2.42. The van der Waals surface area contributed by atoms with Crippen LogP contribution in [0.3, 0.4) is 0 Å². The lowest BCUT2D eigenvalue weighted by Gasteiger charge is -2.02. The number of benzene rings is 1. The fourth-order valence-electron chi connectivity index (χ4n) is 2.94. The lowest BCUT2D eigenvalue weighted by molar-refractivity contribution is 0.0599. The molecule has 1 N–H and O–H groups in total. The van der Waals surface area contributed by atoms with Gasteiger partial charge < -0.3 is 18.9 Å². The molecular weight excluding hydrogens is 334 g/mol. The second kappa shape index (κ2) is 7.07. The van der Waals surface area contributed by atoms with Crippen LogP contribution >= 0.6 is 0 Å². The molecule has 0 fully saturated rings. The zero-order valence-electron chi connectivity index (χ0n) is 15.3. The maximum atomic E-state index is 12.9. The first-order chi connectivity index (χ1) is 12.5. The van der Waals surface area contributed by atoms with Gasteiger partial charge in [-0.1, -0.05) is 6.92 Å². The average molecular weight is 355 g/mol. The third kappa shape index (κ3) is 3.10. The molecule has 0 aliphatic heterocycles. The van der Waals surface area contributed by atoms with E-state index in [4.69, 9.17) is 13.9 Å². The van der Waals surface area contributed by atoms with Crippen molar-refractivity contribution < 1.29 is 23.5 Å². The zero-order chi connectivity index (χ0) is 18.8. The molecule has 0 amide bonds. The summed E-state index contributed by atoms with van der Waals surface area (Å²) < 4.78 is 16.1. The van der Waals surface area contributed by atoms with E-state index in [2.05, 4.69) is 4.98 Å². The summed E-state index contributed by atoms with van der Waals surface area (Å²) in [6.07, 6.45) is 0.911. The summed E-state index contributed by atoms with van der Waals surface area (Å²) in [5.74, 6) is 0.117. The van der Waals surface area contributed by atoms with Crippen LogP contribution in [0.25, 0.3) is 11.0 Å². The van der Waals surface area contributed by atoms with Crippen molar-refractivity contribution in [2.45, 2.75) is 27.2 Å². The van der Waals surface area contributed by atoms with E-state index in [9.17, 15) is 9.59 Å². The van der Waals surface area contributed by atoms with E-state index in [1.54, 1.807) is 26.0 Å². The number of aromatic amines is 1. The van der Waals surface area contributed by atoms with E-state index in [1.165, 1.54) is 7.11 Å². The van der Waals surface area contributed by atoms with Crippen LogP contribution < -0.4 is 4.74 Å². The van der Waals surface area contributed by atoms with Gasteiger partial charge in [-0.05, 0) is 44.0 Å². The van der Waals surface area contributed by atoms with Gasteiger partial charge in [-0.2, -0.15) is 0 Å². The van der Waals surface area contributed by atoms with Crippen LogP contribution in [-0.4, -0.2) is 30.5 Å². The normalized spacial score (nSPS) is 10.9. The molecule has 2 aromatic heterocycles. The summed E-state index contributed by atoms with van der Waals surface area (Å²) >= 11 is 0. The number of rotatable bonds is 6. The Hall–Kier alpha value is -3.02. The van der Waals surface area contributed by atoms with Crippen molar-refractivity contribution in [2.24, 2.45) is 0 Å². The number of H-pyrrole nitrogens is 1. The Balaban J connectivity index is 1.96. The SMILES string of the molecule is CCCOc1ccc2cc(C(=O)c3[nH]c(C)c(C(=O)OC)c3C)oc2c1. The minimum atomic E-state index is -0.474. The predicted molar refractivity (Wildman–Crippen MR) is 97.0 cm³/mol.